The lowest BCUT2D eigenvalue weighted by molar-refractivity contribution is 0.0977. The number of aryl methyl sites for hydroxylation is 1. The summed E-state index contributed by atoms with van der Waals surface area (Å²) in [7, 11) is -3.75. The van der Waals surface area contributed by atoms with Crippen molar-refractivity contribution in [2.45, 2.75) is 13.5 Å². The standard InChI is InChI=1S/C17H14ClN5O3S3/c1-10-20-12(9-27-10)8-23(13-5-3-11(7-19)4-6-13)17-21-14(15(18)28-17)16(24)22-29(2,25)26/h3-6,9H,8H2,1-2H3,(H,22,24). The van der Waals surface area contributed by atoms with Crippen molar-refractivity contribution >= 4 is 61.0 Å². The first kappa shape index (κ1) is 21.2. The number of nitrogens with one attached hydrogen (secondary N) is 1. The molecule has 0 saturated heterocycles. The Kier molecular flexibility index (Phi) is 6.18. The van der Waals surface area contributed by atoms with Crippen LogP contribution >= 0.6 is 34.3 Å². The number of carbonyl (C=O) groups excluding carboxylic acids is 1. The minimum absolute atomic E-state index is 0.0641. The Morgan fingerprint density at radius 2 is 2.00 bits per heavy atom. The van der Waals surface area contributed by atoms with Gasteiger partial charge in [-0.15, -0.1) is 11.3 Å². The largest absolute Gasteiger partial charge is 0.312 e. The molecule has 8 nitrogen and oxygen atoms in total. The van der Waals surface area contributed by atoms with Gasteiger partial charge in [0.2, 0.25) is 10.0 Å². The van der Waals surface area contributed by atoms with Crippen LogP contribution in [0.15, 0.2) is 29.6 Å². The average Bonchev–Trinajstić information content (AvgIpc) is 3.24. The first-order valence-electron chi connectivity index (χ1n) is 8.03. The van der Waals surface area contributed by atoms with E-state index in [0.29, 0.717) is 17.2 Å². The van der Waals surface area contributed by atoms with Crippen molar-refractivity contribution in [1.29, 1.82) is 5.26 Å². The molecule has 0 bridgehead atoms. The Morgan fingerprint density at radius 1 is 1.31 bits per heavy atom. The van der Waals surface area contributed by atoms with Crippen LogP contribution in [-0.4, -0.2) is 30.5 Å². The third-order valence-corrected chi connectivity index (χ3v) is 6.25. The minimum atomic E-state index is -3.75. The van der Waals surface area contributed by atoms with Crippen LogP contribution in [-0.2, 0) is 16.6 Å². The quantitative estimate of drug-likeness (QED) is 0.589. The number of nitrogens with zero attached hydrogens (tertiary/aromatic N) is 4. The van der Waals surface area contributed by atoms with Crippen LogP contribution in [0.4, 0.5) is 10.8 Å². The van der Waals surface area contributed by atoms with Crippen LogP contribution in [0.2, 0.25) is 4.34 Å². The zero-order valence-electron chi connectivity index (χ0n) is 15.2. The highest BCUT2D eigenvalue weighted by molar-refractivity contribution is 7.89. The van der Waals surface area contributed by atoms with Gasteiger partial charge in [-0.25, -0.2) is 23.1 Å². The molecule has 0 aliphatic heterocycles. The summed E-state index contributed by atoms with van der Waals surface area (Å²) in [6.45, 7) is 2.25. The number of thiazole rings is 2. The maximum atomic E-state index is 12.2. The first-order valence-corrected chi connectivity index (χ1v) is 12.0. The Bertz CT molecular complexity index is 1200. The van der Waals surface area contributed by atoms with E-state index in [4.69, 9.17) is 16.9 Å². The van der Waals surface area contributed by atoms with E-state index < -0.39 is 15.9 Å². The number of halogens is 1. The molecule has 2 aromatic heterocycles. The second-order valence-corrected chi connectivity index (χ2v) is 10.3. The second kappa shape index (κ2) is 8.46. The second-order valence-electron chi connectivity index (χ2n) is 5.92. The van der Waals surface area contributed by atoms with Crippen molar-refractivity contribution in [1.82, 2.24) is 14.7 Å². The number of sulfonamides is 1. The molecule has 150 valence electrons. The van der Waals surface area contributed by atoms with Crippen LogP contribution < -0.4 is 9.62 Å². The highest BCUT2D eigenvalue weighted by Gasteiger charge is 2.23. The lowest BCUT2D eigenvalue weighted by Crippen LogP contribution is -2.29. The molecule has 3 rings (SSSR count). The number of hydrogen-bond donors (Lipinski definition) is 1. The molecule has 1 N–H and O–H groups in total. The van der Waals surface area contributed by atoms with E-state index in [1.54, 1.807) is 29.2 Å². The zero-order chi connectivity index (χ0) is 21.2. The van der Waals surface area contributed by atoms with Crippen LogP contribution in [0.5, 0.6) is 0 Å². The molecule has 0 aliphatic carbocycles. The predicted molar refractivity (Wildman–Crippen MR) is 113 cm³/mol. The summed E-state index contributed by atoms with van der Waals surface area (Å²) in [6.07, 6.45) is 0.875. The molecule has 0 fully saturated rings. The van der Waals surface area contributed by atoms with Gasteiger partial charge in [-0.05, 0) is 31.2 Å². The van der Waals surface area contributed by atoms with Gasteiger partial charge < -0.3 is 4.90 Å². The Labute approximate surface area is 180 Å². The molecule has 29 heavy (non-hydrogen) atoms. The maximum Gasteiger partial charge on any atom is 0.285 e. The van der Waals surface area contributed by atoms with Gasteiger partial charge in [0.1, 0.15) is 4.34 Å². The number of anilines is 2. The average molecular weight is 468 g/mol. The van der Waals surface area contributed by atoms with E-state index in [2.05, 4.69) is 16.0 Å². The van der Waals surface area contributed by atoms with Gasteiger partial charge in [0, 0.05) is 11.1 Å². The fourth-order valence-corrected chi connectivity index (χ4v) is 4.58. The summed E-state index contributed by atoms with van der Waals surface area (Å²) in [6, 6.07) is 8.90. The van der Waals surface area contributed by atoms with Gasteiger partial charge in [0.25, 0.3) is 5.91 Å². The van der Waals surface area contributed by atoms with E-state index >= 15 is 0 Å². The molecular formula is C17H14ClN5O3S3. The third kappa shape index (κ3) is 5.30. The monoisotopic (exact) mass is 467 g/mol. The normalized spacial score (nSPS) is 11.1. The third-order valence-electron chi connectivity index (χ3n) is 3.59. The first-order chi connectivity index (χ1) is 13.7. The predicted octanol–water partition coefficient (Wildman–Crippen LogP) is 3.46. The van der Waals surface area contributed by atoms with Gasteiger partial charge in [-0.2, -0.15) is 5.26 Å². The molecule has 1 amide bonds. The molecule has 0 atom stereocenters. The minimum Gasteiger partial charge on any atom is -0.312 e. The number of benzene rings is 1. The molecule has 1 aromatic carbocycles. The van der Waals surface area contributed by atoms with E-state index in [1.165, 1.54) is 11.3 Å². The number of carbonyl (C=O) groups is 1. The zero-order valence-corrected chi connectivity index (χ0v) is 18.4. The molecule has 0 saturated carbocycles. The van der Waals surface area contributed by atoms with Crippen LogP contribution in [0.3, 0.4) is 0 Å². The van der Waals surface area contributed by atoms with Gasteiger partial charge in [0.05, 0.1) is 35.1 Å². The summed E-state index contributed by atoms with van der Waals surface area (Å²) in [5.41, 5.74) is 1.84. The summed E-state index contributed by atoms with van der Waals surface area (Å²) in [4.78, 5) is 22.7. The van der Waals surface area contributed by atoms with Gasteiger partial charge >= 0.3 is 0 Å². The number of amides is 1. The van der Waals surface area contributed by atoms with Crippen molar-refractivity contribution in [2.24, 2.45) is 0 Å². The number of aromatic nitrogens is 2. The van der Waals surface area contributed by atoms with Gasteiger partial charge in [-0.1, -0.05) is 22.9 Å². The topological polar surface area (TPSA) is 116 Å². The van der Waals surface area contributed by atoms with Crippen molar-refractivity contribution in [2.75, 3.05) is 11.2 Å². The van der Waals surface area contributed by atoms with Gasteiger partial charge in [0.15, 0.2) is 10.8 Å². The number of hydrogen-bond acceptors (Lipinski definition) is 9. The summed E-state index contributed by atoms with van der Waals surface area (Å²) in [5, 5.41) is 12.2. The van der Waals surface area contributed by atoms with Crippen molar-refractivity contribution in [3.8, 4) is 6.07 Å². The number of nitriles is 1. The Morgan fingerprint density at radius 3 is 2.55 bits per heavy atom. The molecule has 12 heteroatoms. The summed E-state index contributed by atoms with van der Waals surface area (Å²) >= 11 is 8.72. The molecular weight excluding hydrogens is 454 g/mol. The molecule has 3 aromatic rings. The Hall–Kier alpha value is -2.52. The van der Waals surface area contributed by atoms with Crippen molar-refractivity contribution < 1.29 is 13.2 Å². The summed E-state index contributed by atoms with van der Waals surface area (Å²) < 4.78 is 24.6. The molecule has 2 heterocycles. The Balaban J connectivity index is 2.00. The van der Waals surface area contributed by atoms with E-state index in [9.17, 15) is 13.2 Å². The highest BCUT2D eigenvalue weighted by Crippen LogP contribution is 2.36. The van der Waals surface area contributed by atoms with Crippen molar-refractivity contribution in [3.63, 3.8) is 0 Å². The molecule has 0 aliphatic rings. The van der Waals surface area contributed by atoms with Gasteiger partial charge in [-0.3, -0.25) is 4.79 Å². The molecule has 0 unspecified atom stereocenters. The fourth-order valence-electron chi connectivity index (χ4n) is 2.39. The van der Waals surface area contributed by atoms with E-state index in [1.807, 2.05) is 17.0 Å². The lowest BCUT2D eigenvalue weighted by Gasteiger charge is -2.21. The summed E-state index contributed by atoms with van der Waals surface area (Å²) in [5.74, 6) is -0.899. The lowest BCUT2D eigenvalue weighted by atomic mass is 10.2. The van der Waals surface area contributed by atoms with Crippen LogP contribution in [0.1, 0.15) is 26.8 Å². The van der Waals surface area contributed by atoms with Crippen LogP contribution in [0, 0.1) is 18.3 Å². The van der Waals surface area contributed by atoms with Crippen molar-refractivity contribution in [3.05, 3.63) is 55.9 Å². The fraction of sp³-hybridized carbons (Fsp3) is 0.176. The smallest absolute Gasteiger partial charge is 0.285 e. The number of rotatable bonds is 6. The van der Waals surface area contributed by atoms with E-state index in [0.717, 1.165) is 34.0 Å². The molecule has 0 spiro atoms. The SMILES string of the molecule is Cc1nc(CN(c2ccc(C#N)cc2)c2nc(C(=O)NS(C)(=O)=O)c(Cl)s2)cs1. The highest BCUT2D eigenvalue weighted by atomic mass is 35.5. The van der Waals surface area contributed by atoms with E-state index in [-0.39, 0.29) is 10.0 Å². The maximum absolute atomic E-state index is 12.2. The van der Waals surface area contributed by atoms with Crippen LogP contribution in [0.25, 0.3) is 0 Å². The molecule has 0 radical (unpaired) electrons.